The van der Waals surface area contributed by atoms with Crippen LogP contribution in [0, 0.1) is 5.41 Å². The summed E-state index contributed by atoms with van der Waals surface area (Å²) in [6.07, 6.45) is 3.91. The topological polar surface area (TPSA) is 15.3 Å². The molecule has 19 heavy (non-hydrogen) atoms. The van der Waals surface area contributed by atoms with Crippen LogP contribution < -0.4 is 5.32 Å². The highest BCUT2D eigenvalue weighted by atomic mass is 15.1. The Morgan fingerprint density at radius 1 is 1.26 bits per heavy atom. The van der Waals surface area contributed by atoms with Gasteiger partial charge in [0.2, 0.25) is 0 Å². The molecule has 1 aromatic carbocycles. The van der Waals surface area contributed by atoms with Crippen molar-refractivity contribution in [1.29, 1.82) is 0 Å². The number of nitrogens with one attached hydrogen (secondary N) is 1. The largest absolute Gasteiger partial charge is 0.313 e. The van der Waals surface area contributed by atoms with Crippen molar-refractivity contribution in [3.8, 4) is 0 Å². The first-order chi connectivity index (χ1) is 9.11. The van der Waals surface area contributed by atoms with Gasteiger partial charge in [-0.1, -0.05) is 44.2 Å². The van der Waals surface area contributed by atoms with E-state index in [2.05, 4.69) is 61.4 Å². The molecule has 0 spiro atoms. The van der Waals surface area contributed by atoms with Crippen LogP contribution in [0.1, 0.15) is 44.7 Å². The van der Waals surface area contributed by atoms with Crippen LogP contribution in [0.2, 0.25) is 0 Å². The number of likely N-dealkylation sites (tertiary alicyclic amines) is 1. The van der Waals surface area contributed by atoms with Gasteiger partial charge in [-0.2, -0.15) is 0 Å². The second-order valence-corrected chi connectivity index (χ2v) is 6.58. The minimum Gasteiger partial charge on any atom is -0.313 e. The van der Waals surface area contributed by atoms with Gasteiger partial charge in [-0.15, -0.1) is 0 Å². The van der Waals surface area contributed by atoms with E-state index >= 15 is 0 Å². The first-order valence-corrected chi connectivity index (χ1v) is 7.55. The average Bonchev–Trinajstić information content (AvgIpc) is 2.39. The van der Waals surface area contributed by atoms with Gasteiger partial charge in [0.1, 0.15) is 0 Å². The monoisotopic (exact) mass is 260 g/mol. The molecule has 1 aromatic rings. The fraction of sp³-hybridized carbons (Fsp3) is 0.647. The van der Waals surface area contributed by atoms with E-state index in [-0.39, 0.29) is 0 Å². The van der Waals surface area contributed by atoms with Crippen LogP contribution in [-0.2, 0) is 0 Å². The third-order valence-corrected chi connectivity index (χ3v) is 4.26. The van der Waals surface area contributed by atoms with Gasteiger partial charge >= 0.3 is 0 Å². The Morgan fingerprint density at radius 3 is 2.63 bits per heavy atom. The summed E-state index contributed by atoms with van der Waals surface area (Å²) in [5, 5.41) is 3.45. The Kier molecular flexibility index (Phi) is 5.00. The molecule has 1 N–H and O–H groups in total. The van der Waals surface area contributed by atoms with E-state index in [1.165, 1.54) is 44.5 Å². The Morgan fingerprint density at radius 2 is 2.00 bits per heavy atom. The number of piperidine rings is 1. The molecular formula is C17H28N2. The molecule has 1 aliphatic heterocycles. The van der Waals surface area contributed by atoms with Crippen LogP contribution in [0.25, 0.3) is 0 Å². The van der Waals surface area contributed by atoms with Gasteiger partial charge in [-0.3, -0.25) is 0 Å². The lowest BCUT2D eigenvalue weighted by atomic mass is 9.84. The standard InChI is InChI=1S/C17H28N2/c1-17(2)11-7-12-19(14-17)13-10-16(18-3)15-8-5-4-6-9-15/h4-6,8-9,16,18H,7,10-14H2,1-3H3. The third kappa shape index (κ3) is 4.32. The van der Waals surface area contributed by atoms with Crippen molar-refractivity contribution < 1.29 is 0 Å². The van der Waals surface area contributed by atoms with E-state index in [4.69, 9.17) is 0 Å². The quantitative estimate of drug-likeness (QED) is 0.872. The van der Waals surface area contributed by atoms with Gasteiger partial charge in [0.25, 0.3) is 0 Å². The number of rotatable bonds is 5. The van der Waals surface area contributed by atoms with E-state index in [0.717, 1.165) is 0 Å². The van der Waals surface area contributed by atoms with E-state index in [1.54, 1.807) is 0 Å². The number of hydrogen-bond donors (Lipinski definition) is 1. The summed E-state index contributed by atoms with van der Waals surface area (Å²) < 4.78 is 0. The lowest BCUT2D eigenvalue weighted by Gasteiger charge is -2.38. The SMILES string of the molecule is CNC(CCN1CCCC(C)(C)C1)c1ccccc1. The summed E-state index contributed by atoms with van der Waals surface area (Å²) in [7, 11) is 2.07. The van der Waals surface area contributed by atoms with Gasteiger partial charge in [0.05, 0.1) is 0 Å². The lowest BCUT2D eigenvalue weighted by molar-refractivity contribution is 0.113. The second-order valence-electron chi connectivity index (χ2n) is 6.58. The van der Waals surface area contributed by atoms with E-state index < -0.39 is 0 Å². The molecule has 1 unspecified atom stereocenters. The van der Waals surface area contributed by atoms with E-state index in [9.17, 15) is 0 Å². The number of benzene rings is 1. The molecule has 0 radical (unpaired) electrons. The van der Waals surface area contributed by atoms with Crippen molar-refractivity contribution in [2.45, 2.75) is 39.2 Å². The molecule has 1 atom stereocenters. The maximum Gasteiger partial charge on any atom is 0.0329 e. The van der Waals surface area contributed by atoms with E-state index in [1.807, 2.05) is 0 Å². The number of hydrogen-bond acceptors (Lipinski definition) is 2. The normalized spacial score (nSPS) is 21.2. The molecule has 2 heteroatoms. The third-order valence-electron chi connectivity index (χ3n) is 4.26. The van der Waals surface area contributed by atoms with Crippen LogP contribution >= 0.6 is 0 Å². The van der Waals surface area contributed by atoms with Gasteiger partial charge in [0, 0.05) is 12.6 Å². The molecule has 0 saturated carbocycles. The first-order valence-electron chi connectivity index (χ1n) is 7.55. The van der Waals surface area contributed by atoms with Crippen LogP contribution in [-0.4, -0.2) is 31.6 Å². The average molecular weight is 260 g/mol. The maximum absolute atomic E-state index is 3.45. The highest BCUT2D eigenvalue weighted by Gasteiger charge is 2.26. The fourth-order valence-corrected chi connectivity index (χ4v) is 3.21. The Balaban J connectivity index is 1.87. The smallest absolute Gasteiger partial charge is 0.0329 e. The van der Waals surface area contributed by atoms with Crippen molar-refractivity contribution >= 4 is 0 Å². The summed E-state index contributed by atoms with van der Waals surface area (Å²) in [5.74, 6) is 0. The highest BCUT2D eigenvalue weighted by Crippen LogP contribution is 2.29. The van der Waals surface area contributed by atoms with Crippen molar-refractivity contribution in [1.82, 2.24) is 10.2 Å². The molecule has 1 fully saturated rings. The fourth-order valence-electron chi connectivity index (χ4n) is 3.21. The molecule has 0 aliphatic carbocycles. The zero-order chi connectivity index (χ0) is 13.7. The van der Waals surface area contributed by atoms with Gasteiger partial charge in [-0.05, 0) is 50.4 Å². The predicted octanol–water partition coefficient (Wildman–Crippen LogP) is 3.46. The molecule has 1 saturated heterocycles. The van der Waals surface area contributed by atoms with Crippen LogP contribution in [0.15, 0.2) is 30.3 Å². The second kappa shape index (κ2) is 6.53. The number of nitrogens with zero attached hydrogens (tertiary/aromatic N) is 1. The Labute approximate surface area is 118 Å². The van der Waals surface area contributed by atoms with E-state index in [0.29, 0.717) is 11.5 Å². The first kappa shape index (κ1) is 14.5. The van der Waals surface area contributed by atoms with Crippen molar-refractivity contribution in [2.24, 2.45) is 5.41 Å². The minimum absolute atomic E-state index is 0.478. The summed E-state index contributed by atoms with van der Waals surface area (Å²) in [4.78, 5) is 2.64. The van der Waals surface area contributed by atoms with Crippen molar-refractivity contribution in [2.75, 3.05) is 26.7 Å². The molecule has 0 bridgehead atoms. The maximum atomic E-state index is 3.45. The van der Waals surface area contributed by atoms with Crippen molar-refractivity contribution in [3.63, 3.8) is 0 Å². The predicted molar refractivity (Wildman–Crippen MR) is 82.3 cm³/mol. The van der Waals surface area contributed by atoms with Gasteiger partial charge in [0.15, 0.2) is 0 Å². The molecular weight excluding hydrogens is 232 g/mol. The van der Waals surface area contributed by atoms with Gasteiger partial charge < -0.3 is 10.2 Å². The molecule has 0 amide bonds. The molecule has 2 rings (SSSR count). The Bertz CT molecular complexity index is 372. The molecule has 2 nitrogen and oxygen atoms in total. The molecule has 1 heterocycles. The van der Waals surface area contributed by atoms with Crippen molar-refractivity contribution in [3.05, 3.63) is 35.9 Å². The summed E-state index contributed by atoms with van der Waals surface area (Å²) in [6, 6.07) is 11.3. The summed E-state index contributed by atoms with van der Waals surface area (Å²) in [5.41, 5.74) is 1.90. The van der Waals surface area contributed by atoms with Crippen LogP contribution in [0.5, 0.6) is 0 Å². The highest BCUT2D eigenvalue weighted by molar-refractivity contribution is 5.18. The zero-order valence-electron chi connectivity index (χ0n) is 12.7. The molecule has 106 valence electrons. The summed E-state index contributed by atoms with van der Waals surface area (Å²) in [6.45, 7) is 8.51. The zero-order valence-corrected chi connectivity index (χ0v) is 12.7. The molecule has 1 aliphatic rings. The van der Waals surface area contributed by atoms with Crippen LogP contribution in [0.4, 0.5) is 0 Å². The Hall–Kier alpha value is -0.860. The van der Waals surface area contributed by atoms with Crippen LogP contribution in [0.3, 0.4) is 0 Å². The summed E-state index contributed by atoms with van der Waals surface area (Å²) >= 11 is 0. The molecule has 0 aromatic heterocycles. The lowest BCUT2D eigenvalue weighted by Crippen LogP contribution is -2.41. The minimum atomic E-state index is 0.478. The van der Waals surface area contributed by atoms with Gasteiger partial charge in [-0.25, -0.2) is 0 Å².